The molecule has 0 aliphatic heterocycles. The van der Waals surface area contributed by atoms with Crippen LogP contribution in [0.1, 0.15) is 65.6 Å². The van der Waals surface area contributed by atoms with Crippen molar-refractivity contribution in [1.82, 2.24) is 29.9 Å². The van der Waals surface area contributed by atoms with Crippen molar-refractivity contribution in [3.8, 4) is 23.0 Å². The van der Waals surface area contributed by atoms with Gasteiger partial charge in [-0.2, -0.15) is 19.0 Å². The largest absolute Gasteiger partial charge is 0.372 e. The number of benzene rings is 2. The predicted octanol–water partition coefficient (Wildman–Crippen LogP) is 6.75. The van der Waals surface area contributed by atoms with Crippen molar-refractivity contribution in [3.63, 3.8) is 0 Å². The quantitative estimate of drug-likeness (QED) is 0.0986. The number of aliphatic hydroxyl groups is 1. The van der Waals surface area contributed by atoms with Gasteiger partial charge < -0.3 is 10.4 Å². The molecule has 0 radical (unpaired) electrons. The van der Waals surface area contributed by atoms with Gasteiger partial charge in [-0.1, -0.05) is 23.6 Å². The minimum atomic E-state index is -3.89. The Labute approximate surface area is 329 Å². The van der Waals surface area contributed by atoms with Gasteiger partial charge in [-0.3, -0.25) is 18.9 Å². The fraction of sp³-hybridized carbons (Fsp3) is 0.351. The fourth-order valence-corrected chi connectivity index (χ4v) is 8.00. The number of anilines is 1. The number of halogens is 9. The topological polar surface area (TPSA) is 144 Å². The summed E-state index contributed by atoms with van der Waals surface area (Å²) in [6, 6.07) is 6.53. The van der Waals surface area contributed by atoms with Crippen LogP contribution in [0.15, 0.2) is 42.5 Å². The molecule has 3 aromatic heterocycles. The SMILES string of the molecule is Cn1nc(NS(C)(=O)=O)c2c(Cl)ccc(-c3ccc(C#CC(C)(O)C(F)F)nc3C(Cc3cc(F)cc(F)c3)NC(=O)Cn3nc(C(F)F)c4c3C(F)(F)[C@@H]3C[C@H]43)c21. The molecule has 5 aromatic rings. The molecular weight excluding hydrogens is 826 g/mol. The first kappa shape index (κ1) is 40.9. The normalized spacial score (nSPS) is 18.4. The maximum absolute atomic E-state index is 15.4. The molecule has 2 aliphatic carbocycles. The molecule has 0 spiro atoms. The number of pyridine rings is 1. The highest BCUT2D eigenvalue weighted by Crippen LogP contribution is 2.68. The van der Waals surface area contributed by atoms with Crippen LogP contribution in [0.2, 0.25) is 5.02 Å². The lowest BCUT2D eigenvalue weighted by Crippen LogP contribution is -2.35. The number of fused-ring (bicyclic) bond motifs is 4. The molecular formula is C37H30ClF8N7O4S. The van der Waals surface area contributed by atoms with E-state index in [1.807, 2.05) is 5.92 Å². The third-order valence-electron chi connectivity index (χ3n) is 9.79. The summed E-state index contributed by atoms with van der Waals surface area (Å²) in [4.78, 5) is 18.4. The first-order valence-corrected chi connectivity index (χ1v) is 19.5. The number of nitrogens with one attached hydrogen (secondary N) is 2. The van der Waals surface area contributed by atoms with Crippen molar-refractivity contribution in [2.75, 3.05) is 11.0 Å². The van der Waals surface area contributed by atoms with Gasteiger partial charge in [0.25, 0.3) is 18.8 Å². The molecule has 4 atom stereocenters. The van der Waals surface area contributed by atoms with Crippen molar-refractivity contribution in [2.45, 2.75) is 62.6 Å². The van der Waals surface area contributed by atoms with Crippen LogP contribution in [0.4, 0.5) is 40.9 Å². The summed E-state index contributed by atoms with van der Waals surface area (Å²) in [6.07, 6.45) is -6.12. The molecule has 21 heteroatoms. The van der Waals surface area contributed by atoms with Crippen LogP contribution in [0, 0.1) is 29.4 Å². The van der Waals surface area contributed by atoms with Crippen LogP contribution in [-0.4, -0.2) is 62.3 Å². The maximum atomic E-state index is 15.4. The monoisotopic (exact) mass is 855 g/mol. The second kappa shape index (κ2) is 14.5. The van der Waals surface area contributed by atoms with E-state index in [1.165, 1.54) is 36.0 Å². The first-order valence-electron chi connectivity index (χ1n) is 17.2. The Balaban J connectivity index is 1.40. The molecule has 1 saturated carbocycles. The number of rotatable bonds is 11. The van der Waals surface area contributed by atoms with E-state index in [-0.39, 0.29) is 61.8 Å². The van der Waals surface area contributed by atoms with Crippen LogP contribution in [0.25, 0.3) is 22.0 Å². The van der Waals surface area contributed by atoms with E-state index in [0.29, 0.717) is 10.7 Å². The summed E-state index contributed by atoms with van der Waals surface area (Å²) in [7, 11) is -2.43. The van der Waals surface area contributed by atoms with Crippen LogP contribution < -0.4 is 10.0 Å². The van der Waals surface area contributed by atoms with Gasteiger partial charge in [0.05, 0.1) is 33.9 Å². The van der Waals surface area contributed by atoms with E-state index in [4.69, 9.17) is 11.6 Å². The highest BCUT2D eigenvalue weighted by atomic mass is 35.5. The molecule has 1 amide bonds. The van der Waals surface area contributed by atoms with Gasteiger partial charge in [-0.05, 0) is 67.5 Å². The van der Waals surface area contributed by atoms with Crippen molar-refractivity contribution in [2.24, 2.45) is 13.0 Å². The Morgan fingerprint density at radius 1 is 1.07 bits per heavy atom. The first-order chi connectivity index (χ1) is 27.1. The van der Waals surface area contributed by atoms with Crippen LogP contribution >= 0.6 is 11.6 Å². The van der Waals surface area contributed by atoms with Gasteiger partial charge in [0.15, 0.2) is 11.4 Å². The number of sulfonamides is 1. The maximum Gasteiger partial charge on any atom is 0.293 e. The van der Waals surface area contributed by atoms with E-state index >= 15 is 8.78 Å². The molecule has 2 aromatic carbocycles. The minimum absolute atomic E-state index is 0.0231. The Morgan fingerprint density at radius 3 is 2.38 bits per heavy atom. The van der Waals surface area contributed by atoms with Gasteiger partial charge in [-0.25, -0.2) is 39.7 Å². The van der Waals surface area contributed by atoms with E-state index in [0.717, 1.165) is 25.3 Å². The molecule has 1 fully saturated rings. The summed E-state index contributed by atoms with van der Waals surface area (Å²) in [5.74, 6) is -4.50. The lowest BCUT2D eigenvalue weighted by Gasteiger charge is -2.23. The molecule has 0 bridgehead atoms. The molecule has 2 unspecified atom stereocenters. The molecule has 7 rings (SSSR count). The van der Waals surface area contributed by atoms with E-state index in [1.54, 1.807) is 0 Å². The smallest absolute Gasteiger partial charge is 0.293 e. The number of hydrogen-bond acceptors (Lipinski definition) is 7. The summed E-state index contributed by atoms with van der Waals surface area (Å²) < 4.78 is 143. The van der Waals surface area contributed by atoms with Gasteiger partial charge in [0, 0.05) is 35.7 Å². The van der Waals surface area contributed by atoms with Crippen molar-refractivity contribution < 1.29 is 53.4 Å². The van der Waals surface area contributed by atoms with Crippen molar-refractivity contribution in [1.29, 1.82) is 0 Å². The highest BCUT2D eigenvalue weighted by Gasteiger charge is 2.67. The number of carbonyl (C=O) groups is 1. The number of aryl methyl sites for hydroxylation is 1. The molecule has 2 aliphatic rings. The summed E-state index contributed by atoms with van der Waals surface area (Å²) in [6.45, 7) is -0.244. The summed E-state index contributed by atoms with van der Waals surface area (Å²) in [5, 5.41) is 20.8. The Kier molecular flexibility index (Phi) is 10.3. The Hall–Kier alpha value is -5.26. The van der Waals surface area contributed by atoms with Crippen LogP contribution in [0.5, 0.6) is 0 Å². The zero-order valence-electron chi connectivity index (χ0n) is 30.3. The van der Waals surface area contributed by atoms with Gasteiger partial charge in [0.1, 0.15) is 35.3 Å². The number of aromatic nitrogens is 5. The fourth-order valence-electron chi connectivity index (χ4n) is 7.26. The van der Waals surface area contributed by atoms with Gasteiger partial charge in [0.2, 0.25) is 15.9 Å². The zero-order valence-corrected chi connectivity index (χ0v) is 31.8. The Bertz CT molecular complexity index is 2660. The number of hydrogen-bond donors (Lipinski definition) is 3. The molecule has 306 valence electrons. The number of alkyl halides is 6. The van der Waals surface area contributed by atoms with E-state index < -0.39 is 94.2 Å². The minimum Gasteiger partial charge on any atom is -0.372 e. The molecule has 3 N–H and O–H groups in total. The molecule has 58 heavy (non-hydrogen) atoms. The Morgan fingerprint density at radius 2 is 1.74 bits per heavy atom. The van der Waals surface area contributed by atoms with Crippen LogP contribution in [-0.2, 0) is 40.8 Å². The average molecular weight is 856 g/mol. The number of carbonyl (C=O) groups excluding carboxylic acids is 1. The van der Waals surface area contributed by atoms with Gasteiger partial charge in [-0.15, -0.1) is 0 Å². The molecule has 3 heterocycles. The number of amides is 1. The van der Waals surface area contributed by atoms with E-state index in [2.05, 4.69) is 31.1 Å². The third kappa shape index (κ3) is 7.69. The number of nitrogens with zero attached hydrogens (tertiary/aromatic N) is 5. The summed E-state index contributed by atoms with van der Waals surface area (Å²) >= 11 is 6.53. The van der Waals surface area contributed by atoms with Crippen molar-refractivity contribution >= 4 is 44.3 Å². The summed E-state index contributed by atoms with van der Waals surface area (Å²) in [5.41, 5.74) is -4.70. The predicted molar refractivity (Wildman–Crippen MR) is 194 cm³/mol. The van der Waals surface area contributed by atoms with Gasteiger partial charge >= 0.3 is 0 Å². The van der Waals surface area contributed by atoms with Crippen molar-refractivity contribution in [3.05, 3.63) is 93.0 Å². The van der Waals surface area contributed by atoms with Crippen LogP contribution in [0.3, 0.4) is 0 Å². The van der Waals surface area contributed by atoms with E-state index in [9.17, 15) is 44.7 Å². The molecule has 11 nitrogen and oxygen atoms in total. The lowest BCUT2D eigenvalue weighted by molar-refractivity contribution is -0.123. The second-order valence-electron chi connectivity index (χ2n) is 14.3. The average Bonchev–Trinajstić information content (AvgIpc) is 3.65. The standard InChI is InChI=1S/C37H30ClF8N7O4S/c1-36(55,35(43)44)9-8-19-4-5-20(21-6-7-24(38)28-31(21)52(2)50-34(28)51-58(3,56)57)29(47-19)25(12-16-10-17(39)13-18(40)11-16)48-26(54)15-53-32-27(30(49-53)33(41)42)22-14-23(22)37(32,45)46/h4-7,10-11,13,22-23,25,33,35,55H,12,14-15H2,1-3H3,(H,48,54)(H,50,51)/t22-,23+,25?,36?/m0/s1. The zero-order chi connectivity index (χ0) is 42.2. The third-order valence-corrected chi connectivity index (χ3v) is 10.7. The molecule has 0 saturated heterocycles. The second-order valence-corrected chi connectivity index (χ2v) is 16.4. The highest BCUT2D eigenvalue weighted by molar-refractivity contribution is 7.92. The lowest BCUT2D eigenvalue weighted by atomic mass is 9.93.